The van der Waals surface area contributed by atoms with E-state index >= 15 is 0 Å². The van der Waals surface area contributed by atoms with Crippen molar-refractivity contribution in [1.82, 2.24) is 4.90 Å². The Bertz CT molecular complexity index is 535. The largest absolute Gasteiger partial charge is 0.382 e. The van der Waals surface area contributed by atoms with Gasteiger partial charge in [0.15, 0.2) is 5.78 Å². The zero-order valence-corrected chi connectivity index (χ0v) is 13.1. The Balaban J connectivity index is 1.79. The molecule has 1 fully saturated rings. The monoisotopic (exact) mass is 287 g/mol. The van der Waals surface area contributed by atoms with Gasteiger partial charge in [-0.15, -0.1) is 0 Å². The quantitative estimate of drug-likeness (QED) is 0.867. The fourth-order valence-corrected chi connectivity index (χ4v) is 3.46. The van der Waals surface area contributed by atoms with Crippen molar-refractivity contribution in [2.24, 2.45) is 0 Å². The van der Waals surface area contributed by atoms with Crippen LogP contribution in [0.15, 0.2) is 12.1 Å². The van der Waals surface area contributed by atoms with Crippen LogP contribution in [0.1, 0.15) is 35.2 Å². The molecule has 0 unspecified atom stereocenters. The highest BCUT2D eigenvalue weighted by Gasteiger charge is 2.20. The summed E-state index contributed by atoms with van der Waals surface area (Å²) >= 11 is 0. The van der Waals surface area contributed by atoms with Crippen molar-refractivity contribution in [1.29, 1.82) is 0 Å². The summed E-state index contributed by atoms with van der Waals surface area (Å²) in [5.41, 5.74) is 4.37. The maximum absolute atomic E-state index is 12.5. The van der Waals surface area contributed by atoms with Crippen LogP contribution in [0.25, 0.3) is 0 Å². The van der Waals surface area contributed by atoms with E-state index in [-0.39, 0.29) is 5.78 Å². The van der Waals surface area contributed by atoms with E-state index in [1.165, 1.54) is 30.5 Å². The summed E-state index contributed by atoms with van der Waals surface area (Å²) in [5.74, 6) is 0.248. The number of piperidine rings is 1. The van der Waals surface area contributed by atoms with E-state index in [0.29, 0.717) is 6.54 Å². The molecule has 2 aliphatic rings. The van der Waals surface area contributed by atoms with Gasteiger partial charge in [-0.3, -0.25) is 9.69 Å². The molecule has 0 saturated carbocycles. The molecule has 0 aliphatic carbocycles. The normalized spacial score (nSPS) is 19.0. The van der Waals surface area contributed by atoms with Crippen LogP contribution in [0.5, 0.6) is 0 Å². The first-order valence-corrected chi connectivity index (χ1v) is 8.00. The summed E-state index contributed by atoms with van der Waals surface area (Å²) in [6.45, 7) is 6.74. The Morgan fingerprint density at radius 3 is 2.71 bits per heavy atom. The van der Waals surface area contributed by atoms with E-state index in [1.54, 1.807) is 0 Å². The van der Waals surface area contributed by atoms with Crippen molar-refractivity contribution in [2.75, 3.05) is 50.0 Å². The summed E-state index contributed by atoms with van der Waals surface area (Å²) in [6, 6.07) is 4.08. The average Bonchev–Trinajstić information content (AvgIpc) is 2.48. The Kier molecular flexibility index (Phi) is 4.15. The van der Waals surface area contributed by atoms with E-state index in [1.807, 2.05) is 6.07 Å². The number of hydrogen-bond donors (Lipinski definition) is 1. The van der Waals surface area contributed by atoms with Gasteiger partial charge in [0, 0.05) is 25.7 Å². The van der Waals surface area contributed by atoms with Crippen LogP contribution < -0.4 is 10.2 Å². The lowest BCUT2D eigenvalue weighted by Crippen LogP contribution is -2.35. The Hall–Kier alpha value is -1.55. The van der Waals surface area contributed by atoms with E-state index in [4.69, 9.17) is 0 Å². The predicted molar refractivity (Wildman–Crippen MR) is 87.6 cm³/mol. The molecule has 0 bridgehead atoms. The fourth-order valence-electron chi connectivity index (χ4n) is 3.46. The molecule has 2 heterocycles. The van der Waals surface area contributed by atoms with Crippen LogP contribution in [0, 0.1) is 6.92 Å². The predicted octanol–water partition coefficient (Wildman–Crippen LogP) is 2.53. The molecule has 4 heteroatoms. The highest BCUT2D eigenvalue weighted by Crippen LogP contribution is 2.33. The number of aryl methyl sites for hydroxylation is 1. The number of Topliss-reactive ketones (excluding diaryl/α,β-unsaturated/α-hetero) is 1. The number of carbonyl (C=O) groups is 1. The molecule has 1 aromatic carbocycles. The van der Waals surface area contributed by atoms with Crippen molar-refractivity contribution in [3.05, 3.63) is 23.3 Å². The summed E-state index contributed by atoms with van der Waals surface area (Å²) < 4.78 is 0. The van der Waals surface area contributed by atoms with Gasteiger partial charge in [-0.2, -0.15) is 0 Å². The van der Waals surface area contributed by atoms with Crippen LogP contribution in [0.3, 0.4) is 0 Å². The topological polar surface area (TPSA) is 35.6 Å². The van der Waals surface area contributed by atoms with Crippen LogP contribution >= 0.6 is 0 Å². The first-order chi connectivity index (χ1) is 10.1. The molecule has 0 aromatic heterocycles. The molecule has 0 spiro atoms. The third-order valence-corrected chi connectivity index (χ3v) is 4.58. The van der Waals surface area contributed by atoms with Gasteiger partial charge in [0.1, 0.15) is 0 Å². The molecule has 21 heavy (non-hydrogen) atoms. The number of nitrogens with zero attached hydrogens (tertiary/aromatic N) is 2. The molecule has 4 nitrogen and oxygen atoms in total. The summed E-state index contributed by atoms with van der Waals surface area (Å²) in [5, 5.41) is 3.43. The van der Waals surface area contributed by atoms with E-state index in [9.17, 15) is 4.79 Å². The average molecular weight is 287 g/mol. The van der Waals surface area contributed by atoms with Gasteiger partial charge in [-0.1, -0.05) is 6.42 Å². The third-order valence-electron chi connectivity index (χ3n) is 4.58. The Morgan fingerprint density at radius 1 is 1.19 bits per heavy atom. The van der Waals surface area contributed by atoms with Gasteiger partial charge in [0.05, 0.1) is 17.9 Å². The molecule has 1 N–H and O–H groups in total. The second-order valence-electron chi connectivity index (χ2n) is 6.30. The SMILES string of the molecule is Cc1cc(C(=O)CN2CCCCC2)cc2c1N(C)CCN2. The fraction of sp³-hybridized carbons (Fsp3) is 0.588. The maximum Gasteiger partial charge on any atom is 0.176 e. The summed E-state index contributed by atoms with van der Waals surface area (Å²) in [7, 11) is 2.11. The number of benzene rings is 1. The van der Waals surface area contributed by atoms with Crippen molar-refractivity contribution in [3.8, 4) is 0 Å². The lowest BCUT2D eigenvalue weighted by molar-refractivity contribution is 0.0915. The van der Waals surface area contributed by atoms with Crippen molar-refractivity contribution >= 4 is 17.2 Å². The summed E-state index contributed by atoms with van der Waals surface area (Å²) in [4.78, 5) is 17.1. The van der Waals surface area contributed by atoms with E-state index in [2.05, 4.69) is 35.2 Å². The maximum atomic E-state index is 12.5. The number of nitrogens with one attached hydrogen (secondary N) is 1. The minimum Gasteiger partial charge on any atom is -0.382 e. The van der Waals surface area contributed by atoms with Crippen LogP contribution in [-0.4, -0.2) is 50.5 Å². The van der Waals surface area contributed by atoms with E-state index < -0.39 is 0 Å². The third kappa shape index (κ3) is 3.05. The molecule has 1 saturated heterocycles. The number of likely N-dealkylation sites (N-methyl/N-ethyl adjacent to an activating group) is 1. The standard InChI is InChI=1S/C17H25N3O/c1-13-10-14(11-15-17(13)19(2)9-6-18-15)16(21)12-20-7-4-3-5-8-20/h10-11,18H,3-9,12H2,1-2H3. The van der Waals surface area contributed by atoms with Gasteiger partial charge in [0.2, 0.25) is 0 Å². The Morgan fingerprint density at radius 2 is 1.95 bits per heavy atom. The molecule has 3 rings (SSSR count). The minimum atomic E-state index is 0.248. The minimum absolute atomic E-state index is 0.248. The number of anilines is 2. The van der Waals surface area contributed by atoms with E-state index in [0.717, 1.165) is 37.4 Å². The first-order valence-electron chi connectivity index (χ1n) is 8.00. The lowest BCUT2D eigenvalue weighted by Gasteiger charge is -2.31. The van der Waals surface area contributed by atoms with Gasteiger partial charge in [0.25, 0.3) is 0 Å². The van der Waals surface area contributed by atoms with Crippen LogP contribution in [0.4, 0.5) is 11.4 Å². The second kappa shape index (κ2) is 6.06. The van der Waals surface area contributed by atoms with Gasteiger partial charge < -0.3 is 10.2 Å². The van der Waals surface area contributed by atoms with Crippen molar-refractivity contribution in [3.63, 3.8) is 0 Å². The molecular weight excluding hydrogens is 262 g/mol. The number of fused-ring (bicyclic) bond motifs is 1. The number of ketones is 1. The molecule has 1 aromatic rings. The molecule has 0 amide bonds. The van der Waals surface area contributed by atoms with Crippen molar-refractivity contribution < 1.29 is 4.79 Å². The number of rotatable bonds is 3. The Labute approximate surface area is 127 Å². The van der Waals surface area contributed by atoms with Gasteiger partial charge in [-0.25, -0.2) is 0 Å². The molecule has 0 radical (unpaired) electrons. The first kappa shape index (κ1) is 14.4. The highest BCUT2D eigenvalue weighted by molar-refractivity contribution is 6.00. The van der Waals surface area contributed by atoms with Gasteiger partial charge in [-0.05, 0) is 50.6 Å². The lowest BCUT2D eigenvalue weighted by atomic mass is 10.0. The zero-order valence-electron chi connectivity index (χ0n) is 13.1. The smallest absolute Gasteiger partial charge is 0.176 e. The number of likely N-dealkylation sites (tertiary alicyclic amines) is 1. The molecular formula is C17H25N3O. The second-order valence-corrected chi connectivity index (χ2v) is 6.30. The molecule has 2 aliphatic heterocycles. The number of hydrogen-bond acceptors (Lipinski definition) is 4. The summed E-state index contributed by atoms with van der Waals surface area (Å²) in [6.07, 6.45) is 3.75. The van der Waals surface area contributed by atoms with Gasteiger partial charge >= 0.3 is 0 Å². The molecule has 0 atom stereocenters. The van der Waals surface area contributed by atoms with Crippen LogP contribution in [0.2, 0.25) is 0 Å². The number of carbonyl (C=O) groups excluding carboxylic acids is 1. The van der Waals surface area contributed by atoms with Crippen LogP contribution in [-0.2, 0) is 0 Å². The highest BCUT2D eigenvalue weighted by atomic mass is 16.1. The molecule has 114 valence electrons. The zero-order chi connectivity index (χ0) is 14.8. The van der Waals surface area contributed by atoms with Crippen molar-refractivity contribution in [2.45, 2.75) is 26.2 Å².